The summed E-state index contributed by atoms with van der Waals surface area (Å²) in [6, 6.07) is 7.50. The third-order valence-electron chi connectivity index (χ3n) is 8.90. The smallest absolute Gasteiger partial charge is 0.246 e. The molecule has 4 aliphatic rings. The molecule has 1 saturated heterocycles. The number of carbonyl (C=O) groups excluding carboxylic acids is 1. The third-order valence-corrected chi connectivity index (χ3v) is 9.87. The molecule has 1 amide bonds. The minimum Gasteiger partial charge on any atom is -0.504 e. The second-order valence-corrected chi connectivity index (χ2v) is 11.8. The van der Waals surface area contributed by atoms with Gasteiger partial charge in [0, 0.05) is 41.0 Å². The lowest BCUT2D eigenvalue weighted by atomic mass is 9.48. The Morgan fingerprint density at radius 2 is 2.17 bits per heavy atom. The second kappa shape index (κ2) is 7.95. The highest BCUT2D eigenvalue weighted by molar-refractivity contribution is 7.12. The van der Waals surface area contributed by atoms with Gasteiger partial charge in [0.15, 0.2) is 11.5 Å². The first-order valence-corrected chi connectivity index (χ1v) is 13.2. The number of phenolic OH excluding ortho intramolecular Hbond substituents is 1. The number of carbonyl (C=O) groups is 1. The number of ether oxygens (including phenoxy) is 1. The first-order chi connectivity index (χ1) is 16.8. The molecule has 2 bridgehead atoms. The number of thiophene rings is 1. The summed E-state index contributed by atoms with van der Waals surface area (Å²) in [5.41, 5.74) is 0.458. The quantitative estimate of drug-likeness (QED) is 0.493. The summed E-state index contributed by atoms with van der Waals surface area (Å²) in [5.74, 6) is 0.532. The lowest BCUT2D eigenvalue weighted by Crippen LogP contribution is -2.78. The monoisotopic (exact) mass is 492 g/mol. The number of hydrogen-bond donors (Lipinski definition) is 2. The van der Waals surface area contributed by atoms with Crippen LogP contribution in [0.15, 0.2) is 43.0 Å². The molecule has 35 heavy (non-hydrogen) atoms. The van der Waals surface area contributed by atoms with E-state index in [2.05, 4.69) is 18.4 Å². The van der Waals surface area contributed by atoms with Gasteiger partial charge in [0.05, 0.1) is 17.1 Å². The van der Waals surface area contributed by atoms with E-state index in [4.69, 9.17) is 4.74 Å². The van der Waals surface area contributed by atoms with E-state index in [-0.39, 0.29) is 23.7 Å². The van der Waals surface area contributed by atoms with Gasteiger partial charge in [-0.05, 0) is 69.0 Å². The van der Waals surface area contributed by atoms with Crippen molar-refractivity contribution in [3.63, 3.8) is 0 Å². The van der Waals surface area contributed by atoms with Gasteiger partial charge in [-0.1, -0.05) is 12.1 Å². The van der Waals surface area contributed by atoms with Gasteiger partial charge in [0.1, 0.15) is 6.10 Å². The van der Waals surface area contributed by atoms with E-state index in [1.54, 1.807) is 28.4 Å². The van der Waals surface area contributed by atoms with Gasteiger partial charge >= 0.3 is 0 Å². The fraction of sp³-hybridized carbons (Fsp3) is 0.464. The first kappa shape index (κ1) is 22.8. The Kier molecular flexibility index (Phi) is 5.18. The van der Waals surface area contributed by atoms with Crippen molar-refractivity contribution in [1.29, 1.82) is 0 Å². The zero-order valence-electron chi connectivity index (χ0n) is 20.2. The van der Waals surface area contributed by atoms with Crippen molar-refractivity contribution in [2.45, 2.75) is 61.8 Å². The van der Waals surface area contributed by atoms with Gasteiger partial charge in [0.25, 0.3) is 0 Å². The Morgan fingerprint density at radius 3 is 2.91 bits per heavy atom. The molecule has 6 nitrogen and oxygen atoms in total. The van der Waals surface area contributed by atoms with Gasteiger partial charge in [-0.25, -0.2) is 0 Å². The molecule has 2 unspecified atom stereocenters. The number of hydrogen-bond acceptors (Lipinski definition) is 6. The number of nitrogens with zero attached hydrogens (tertiary/aromatic N) is 2. The van der Waals surface area contributed by atoms with Crippen molar-refractivity contribution in [2.24, 2.45) is 0 Å². The molecule has 2 aliphatic heterocycles. The number of aliphatic hydroxyl groups is 1. The van der Waals surface area contributed by atoms with Gasteiger partial charge in [0.2, 0.25) is 5.91 Å². The van der Waals surface area contributed by atoms with E-state index in [1.165, 1.54) is 4.88 Å². The summed E-state index contributed by atoms with van der Waals surface area (Å²) in [6.45, 7) is 7.52. The first-order valence-electron chi connectivity index (χ1n) is 12.4. The Labute approximate surface area is 210 Å². The van der Waals surface area contributed by atoms with E-state index in [0.29, 0.717) is 31.4 Å². The molecule has 1 aromatic carbocycles. The Bertz CT molecular complexity index is 1240. The number of amides is 1. The van der Waals surface area contributed by atoms with Crippen LogP contribution in [0, 0.1) is 6.92 Å². The molecular weight excluding hydrogens is 460 g/mol. The van der Waals surface area contributed by atoms with E-state index < -0.39 is 17.1 Å². The number of piperidine rings is 1. The fourth-order valence-electron chi connectivity index (χ4n) is 7.36. The molecule has 6 rings (SSSR count). The Balaban J connectivity index is 1.39. The lowest BCUT2D eigenvalue weighted by molar-refractivity contribution is -0.198. The van der Waals surface area contributed by atoms with E-state index in [9.17, 15) is 15.0 Å². The maximum Gasteiger partial charge on any atom is 0.246 e. The molecule has 1 saturated carbocycles. The molecule has 7 heteroatoms. The van der Waals surface area contributed by atoms with E-state index in [1.807, 2.05) is 37.4 Å². The van der Waals surface area contributed by atoms with Crippen LogP contribution in [0.2, 0.25) is 0 Å². The summed E-state index contributed by atoms with van der Waals surface area (Å²) in [6.07, 6.45) is 7.63. The minimum atomic E-state index is -0.990. The Morgan fingerprint density at radius 1 is 1.34 bits per heavy atom. The minimum absolute atomic E-state index is 0.0488. The average Bonchev–Trinajstić information content (AvgIpc) is 3.41. The largest absolute Gasteiger partial charge is 0.504 e. The van der Waals surface area contributed by atoms with Crippen LogP contribution in [0.5, 0.6) is 11.5 Å². The fourth-order valence-corrected chi connectivity index (χ4v) is 8.14. The van der Waals surface area contributed by atoms with Crippen LogP contribution in [0.3, 0.4) is 0 Å². The summed E-state index contributed by atoms with van der Waals surface area (Å²) >= 11 is 1.65. The number of aryl methyl sites for hydroxylation is 1. The number of rotatable bonds is 5. The number of aromatic hydroxyl groups is 1. The molecule has 3 heterocycles. The zero-order chi connectivity index (χ0) is 24.5. The van der Waals surface area contributed by atoms with Crippen LogP contribution in [0.25, 0.3) is 6.08 Å². The maximum absolute atomic E-state index is 13.3. The molecule has 184 valence electrons. The van der Waals surface area contributed by atoms with Crippen molar-refractivity contribution in [1.82, 2.24) is 9.80 Å². The number of likely N-dealkylation sites (N-methyl/N-ethyl adjacent to an activating group) is 1. The van der Waals surface area contributed by atoms with Crippen LogP contribution in [-0.2, 0) is 16.6 Å². The molecular formula is C28H32N2O4S. The zero-order valence-corrected chi connectivity index (χ0v) is 21.1. The van der Waals surface area contributed by atoms with Crippen LogP contribution in [0.4, 0.5) is 0 Å². The predicted molar refractivity (Wildman–Crippen MR) is 137 cm³/mol. The summed E-state index contributed by atoms with van der Waals surface area (Å²) in [5, 5.41) is 23.2. The summed E-state index contributed by atoms with van der Waals surface area (Å²) < 4.78 is 6.56. The van der Waals surface area contributed by atoms with Crippen LogP contribution in [0.1, 0.15) is 40.1 Å². The molecule has 0 radical (unpaired) electrons. The molecule has 2 aromatic rings. The molecule has 2 fully saturated rings. The van der Waals surface area contributed by atoms with Gasteiger partial charge in [-0.15, -0.1) is 17.9 Å². The molecule has 2 N–H and O–H groups in total. The van der Waals surface area contributed by atoms with Crippen LogP contribution >= 0.6 is 11.3 Å². The van der Waals surface area contributed by atoms with Crippen LogP contribution in [-0.4, -0.2) is 69.8 Å². The second-order valence-electron chi connectivity index (χ2n) is 10.5. The Hall–Kier alpha value is -2.61. The summed E-state index contributed by atoms with van der Waals surface area (Å²) in [7, 11) is 1.83. The number of likely N-dealkylation sites (tertiary alicyclic amines) is 1. The van der Waals surface area contributed by atoms with Crippen molar-refractivity contribution in [3.05, 3.63) is 63.9 Å². The molecule has 2 aliphatic carbocycles. The molecule has 1 aromatic heterocycles. The normalized spacial score (nSPS) is 32.8. The maximum atomic E-state index is 13.3. The van der Waals surface area contributed by atoms with Gasteiger partial charge < -0.3 is 19.8 Å². The van der Waals surface area contributed by atoms with Gasteiger partial charge in [-0.3, -0.25) is 9.69 Å². The topological polar surface area (TPSA) is 73.2 Å². The molecule has 5 atom stereocenters. The number of benzene rings is 1. The number of phenols is 1. The highest BCUT2D eigenvalue weighted by Crippen LogP contribution is 2.65. The van der Waals surface area contributed by atoms with Gasteiger partial charge in [-0.2, -0.15) is 0 Å². The molecule has 1 spiro atoms. The van der Waals surface area contributed by atoms with Crippen molar-refractivity contribution < 1.29 is 19.7 Å². The third kappa shape index (κ3) is 3.04. The van der Waals surface area contributed by atoms with Crippen molar-refractivity contribution >= 4 is 23.3 Å². The summed E-state index contributed by atoms with van der Waals surface area (Å²) in [4.78, 5) is 19.6. The van der Waals surface area contributed by atoms with Crippen molar-refractivity contribution in [3.8, 4) is 11.5 Å². The average molecular weight is 493 g/mol. The highest BCUT2D eigenvalue weighted by Gasteiger charge is 2.73. The standard InChI is InChI=1S/C28H32N2O4S/c1-4-14-30-15-13-27-24-18-6-9-21(31)25(24)34-26(27)20(11-12-28(27,33)22(30)16-18)29(3)23(32)10-8-19-7-5-17(2)35-19/h4-10,20,22,26,31,33H,1,11-16H2,2-3H3/b10-8+/t20?,22-,26?,27+,28-/m1/s1. The lowest BCUT2D eigenvalue weighted by Gasteiger charge is -2.64. The highest BCUT2D eigenvalue weighted by atomic mass is 32.1. The van der Waals surface area contributed by atoms with Crippen LogP contribution < -0.4 is 4.74 Å². The van der Waals surface area contributed by atoms with E-state index in [0.717, 1.165) is 29.1 Å². The van der Waals surface area contributed by atoms with Crippen molar-refractivity contribution in [2.75, 3.05) is 20.1 Å². The predicted octanol–water partition coefficient (Wildman–Crippen LogP) is 3.64. The van der Waals surface area contributed by atoms with E-state index >= 15 is 0 Å². The SMILES string of the molecule is C=CCN1CC[C@]23c4c5ccc(O)c4OC2C(N(C)C(=O)/C=C/c2ccc(C)s2)CC[C@@]3(O)[C@H]1C5.